The van der Waals surface area contributed by atoms with Gasteiger partial charge in [-0.2, -0.15) is 0 Å². The lowest BCUT2D eigenvalue weighted by Gasteiger charge is -2.53. The van der Waals surface area contributed by atoms with E-state index in [1.165, 1.54) is 22.3 Å². The van der Waals surface area contributed by atoms with Crippen molar-refractivity contribution in [3.05, 3.63) is 144 Å². The maximum Gasteiger partial charge on any atom is 0.0339 e. The van der Waals surface area contributed by atoms with Gasteiger partial charge in [0.1, 0.15) is 0 Å². The van der Waals surface area contributed by atoms with Gasteiger partial charge in [-0.25, -0.2) is 0 Å². The lowest BCUT2D eigenvalue weighted by atomic mass is 9.49. The van der Waals surface area contributed by atoms with E-state index < -0.39 is 0 Å². The monoisotopic (exact) mass is 418 g/mol. The van der Waals surface area contributed by atoms with Crippen LogP contribution in [-0.2, 0) is 10.8 Å². The number of hydrogen-bond acceptors (Lipinski definition) is 0. The molecule has 0 aliphatic heterocycles. The average molecular weight is 419 g/mol. The van der Waals surface area contributed by atoms with Crippen molar-refractivity contribution in [2.45, 2.75) is 50.4 Å². The number of benzene rings is 4. The van der Waals surface area contributed by atoms with Crippen LogP contribution in [0.1, 0.15) is 61.8 Å². The zero-order chi connectivity index (χ0) is 22.3. The molecular weight excluding hydrogens is 384 g/mol. The molecule has 0 amide bonds. The highest BCUT2D eigenvalue weighted by atomic mass is 14.6. The summed E-state index contributed by atoms with van der Waals surface area (Å²) in [4.78, 5) is 0. The maximum atomic E-state index is 2.35. The second kappa shape index (κ2) is 10.0. The summed E-state index contributed by atoms with van der Waals surface area (Å²) in [7, 11) is 0. The second-order valence-electron chi connectivity index (χ2n) is 8.77. The first-order valence-corrected chi connectivity index (χ1v) is 12.0. The summed E-state index contributed by atoms with van der Waals surface area (Å²) in [6.07, 6.45) is 4.36. The van der Waals surface area contributed by atoms with E-state index in [4.69, 9.17) is 0 Å². The van der Waals surface area contributed by atoms with Crippen LogP contribution < -0.4 is 0 Å². The van der Waals surface area contributed by atoms with E-state index in [-0.39, 0.29) is 10.8 Å². The Labute approximate surface area is 194 Å². The normalized spacial score (nSPS) is 11.9. The van der Waals surface area contributed by atoms with E-state index in [0.717, 1.165) is 25.7 Å². The fraction of sp³-hybridized carbons (Fsp3) is 0.250. The highest BCUT2D eigenvalue weighted by molar-refractivity contribution is 5.55. The van der Waals surface area contributed by atoms with Gasteiger partial charge < -0.3 is 0 Å². The first-order chi connectivity index (χ1) is 15.8. The SMILES string of the molecule is CCCC(c1ccccc1)(c1ccccc1)C(CCC)(c1ccccc1)c1ccccc1. The summed E-state index contributed by atoms with van der Waals surface area (Å²) in [5.74, 6) is 0. The largest absolute Gasteiger partial charge is 0.0653 e. The molecule has 4 aromatic carbocycles. The third-order valence-corrected chi connectivity index (χ3v) is 7.04. The van der Waals surface area contributed by atoms with Gasteiger partial charge in [0.2, 0.25) is 0 Å². The number of rotatable bonds is 9. The molecular formula is C32H34. The molecule has 0 aliphatic carbocycles. The third kappa shape index (κ3) is 3.69. The van der Waals surface area contributed by atoms with Gasteiger partial charge in [0.05, 0.1) is 0 Å². The van der Waals surface area contributed by atoms with Gasteiger partial charge in [-0.3, -0.25) is 0 Å². The van der Waals surface area contributed by atoms with Crippen LogP contribution in [0.25, 0.3) is 0 Å². The highest BCUT2D eigenvalue weighted by Crippen LogP contribution is 2.57. The van der Waals surface area contributed by atoms with Crippen molar-refractivity contribution in [2.24, 2.45) is 0 Å². The Morgan fingerprint density at radius 1 is 0.375 bits per heavy atom. The average Bonchev–Trinajstić information content (AvgIpc) is 2.88. The van der Waals surface area contributed by atoms with Crippen molar-refractivity contribution in [1.29, 1.82) is 0 Å². The van der Waals surface area contributed by atoms with Gasteiger partial charge in [-0.1, -0.05) is 148 Å². The summed E-state index contributed by atoms with van der Waals surface area (Å²) < 4.78 is 0. The molecule has 0 atom stereocenters. The van der Waals surface area contributed by atoms with Crippen LogP contribution in [0.2, 0.25) is 0 Å². The molecule has 0 saturated heterocycles. The summed E-state index contributed by atoms with van der Waals surface area (Å²) in [5.41, 5.74) is 5.21. The number of hydrogen-bond donors (Lipinski definition) is 0. The first-order valence-electron chi connectivity index (χ1n) is 12.0. The molecule has 0 unspecified atom stereocenters. The predicted octanol–water partition coefficient (Wildman–Crippen LogP) is 8.56. The Morgan fingerprint density at radius 3 is 0.781 bits per heavy atom. The van der Waals surface area contributed by atoms with E-state index >= 15 is 0 Å². The Balaban J connectivity index is 2.20. The Kier molecular flexibility index (Phi) is 6.90. The summed E-state index contributed by atoms with van der Waals surface area (Å²) in [5, 5.41) is 0. The van der Waals surface area contributed by atoms with Gasteiger partial charge in [0.25, 0.3) is 0 Å². The minimum Gasteiger partial charge on any atom is -0.0653 e. The molecule has 0 spiro atoms. The van der Waals surface area contributed by atoms with Gasteiger partial charge in [0.15, 0.2) is 0 Å². The van der Waals surface area contributed by atoms with Crippen LogP contribution in [0, 0.1) is 0 Å². The molecule has 0 N–H and O–H groups in total. The lowest BCUT2D eigenvalue weighted by Crippen LogP contribution is -2.51. The minimum absolute atomic E-state index is 0.191. The van der Waals surface area contributed by atoms with Gasteiger partial charge in [-0.05, 0) is 35.1 Å². The second-order valence-corrected chi connectivity index (χ2v) is 8.77. The zero-order valence-electron chi connectivity index (χ0n) is 19.4. The summed E-state index contributed by atoms with van der Waals surface area (Å²) >= 11 is 0. The standard InChI is InChI=1S/C32H34/c1-3-25-31(27-17-9-5-10-18-27,28-19-11-6-12-20-28)32(26-4-2,29-21-13-7-14-22-29)30-23-15-8-16-24-30/h5-24H,3-4,25-26H2,1-2H3. The minimum atomic E-state index is -0.191. The Hall–Kier alpha value is -3.12. The molecule has 0 fully saturated rings. The molecule has 0 heteroatoms. The fourth-order valence-corrected chi connectivity index (χ4v) is 5.96. The van der Waals surface area contributed by atoms with E-state index in [2.05, 4.69) is 135 Å². The zero-order valence-corrected chi connectivity index (χ0v) is 19.4. The molecule has 4 aromatic rings. The van der Waals surface area contributed by atoms with E-state index in [1.54, 1.807) is 0 Å². The van der Waals surface area contributed by atoms with Crippen molar-refractivity contribution in [2.75, 3.05) is 0 Å². The molecule has 0 aromatic heterocycles. The van der Waals surface area contributed by atoms with Crippen LogP contribution in [0.5, 0.6) is 0 Å². The van der Waals surface area contributed by atoms with Gasteiger partial charge in [0, 0.05) is 10.8 Å². The molecule has 0 aliphatic rings. The van der Waals surface area contributed by atoms with Crippen LogP contribution in [0.15, 0.2) is 121 Å². The van der Waals surface area contributed by atoms with Gasteiger partial charge in [-0.15, -0.1) is 0 Å². The molecule has 0 radical (unpaired) electrons. The molecule has 4 rings (SSSR count). The van der Waals surface area contributed by atoms with E-state index in [1.807, 2.05) is 0 Å². The Morgan fingerprint density at radius 2 is 0.594 bits per heavy atom. The third-order valence-electron chi connectivity index (χ3n) is 7.04. The molecule has 162 valence electrons. The van der Waals surface area contributed by atoms with Crippen molar-refractivity contribution < 1.29 is 0 Å². The summed E-state index contributed by atoms with van der Waals surface area (Å²) in [6.45, 7) is 4.65. The molecule has 0 bridgehead atoms. The smallest absolute Gasteiger partial charge is 0.0339 e. The van der Waals surface area contributed by atoms with Crippen molar-refractivity contribution in [3.8, 4) is 0 Å². The fourth-order valence-electron chi connectivity index (χ4n) is 5.96. The predicted molar refractivity (Wildman–Crippen MR) is 137 cm³/mol. The molecule has 32 heavy (non-hydrogen) atoms. The molecule has 0 heterocycles. The first kappa shape index (κ1) is 22.1. The molecule has 0 nitrogen and oxygen atoms in total. The topological polar surface area (TPSA) is 0 Å². The van der Waals surface area contributed by atoms with Crippen LogP contribution in [-0.4, -0.2) is 0 Å². The van der Waals surface area contributed by atoms with Crippen molar-refractivity contribution >= 4 is 0 Å². The van der Waals surface area contributed by atoms with Crippen molar-refractivity contribution in [1.82, 2.24) is 0 Å². The quantitative estimate of drug-likeness (QED) is 0.255. The lowest BCUT2D eigenvalue weighted by molar-refractivity contribution is 0.263. The highest BCUT2D eigenvalue weighted by Gasteiger charge is 2.54. The van der Waals surface area contributed by atoms with Crippen LogP contribution in [0.3, 0.4) is 0 Å². The van der Waals surface area contributed by atoms with Crippen LogP contribution in [0.4, 0.5) is 0 Å². The summed E-state index contributed by atoms with van der Waals surface area (Å²) in [6, 6.07) is 44.9. The Bertz CT molecular complexity index is 896. The van der Waals surface area contributed by atoms with Gasteiger partial charge >= 0.3 is 0 Å². The maximum absolute atomic E-state index is 2.35. The van der Waals surface area contributed by atoms with Crippen LogP contribution >= 0.6 is 0 Å². The molecule has 0 saturated carbocycles. The van der Waals surface area contributed by atoms with E-state index in [0.29, 0.717) is 0 Å². The van der Waals surface area contributed by atoms with E-state index in [9.17, 15) is 0 Å². The van der Waals surface area contributed by atoms with Crippen molar-refractivity contribution in [3.63, 3.8) is 0 Å².